The van der Waals surface area contributed by atoms with Crippen LogP contribution in [0.4, 0.5) is 0 Å². The zero-order valence-electron chi connectivity index (χ0n) is 11.5. The van der Waals surface area contributed by atoms with Gasteiger partial charge in [0.05, 0.1) is 12.2 Å². The Morgan fingerprint density at radius 2 is 2.00 bits per heavy atom. The minimum absolute atomic E-state index is 0.0530. The molecule has 0 bridgehead atoms. The van der Waals surface area contributed by atoms with Gasteiger partial charge in [0.1, 0.15) is 0 Å². The van der Waals surface area contributed by atoms with Crippen molar-refractivity contribution in [3.8, 4) is 0 Å². The van der Waals surface area contributed by atoms with Crippen LogP contribution in [0.15, 0.2) is 0 Å². The molecule has 0 aromatic carbocycles. The molecule has 1 aliphatic carbocycles. The lowest BCUT2D eigenvalue weighted by atomic mass is 9.75. The highest BCUT2D eigenvalue weighted by atomic mass is 16.2. The van der Waals surface area contributed by atoms with Crippen LogP contribution in [0, 0.1) is 5.41 Å². The number of carbonyl (C=O) groups excluding carboxylic acids is 1. The molecule has 0 spiro atoms. The first-order valence-corrected chi connectivity index (χ1v) is 7.12. The van der Waals surface area contributed by atoms with Crippen molar-refractivity contribution in [3.63, 3.8) is 0 Å². The summed E-state index contributed by atoms with van der Waals surface area (Å²) >= 11 is 0. The van der Waals surface area contributed by atoms with E-state index in [4.69, 9.17) is 0 Å². The Hall–Kier alpha value is -0.570. The second-order valence-corrected chi connectivity index (χ2v) is 6.14. The van der Waals surface area contributed by atoms with Gasteiger partial charge in [0.15, 0.2) is 0 Å². The fraction of sp³-hybridized carbons (Fsp3) is 0.929. The van der Waals surface area contributed by atoms with Crippen molar-refractivity contribution >= 4 is 5.91 Å². The van der Waals surface area contributed by atoms with Crippen LogP contribution in [0.5, 0.6) is 0 Å². The fourth-order valence-electron chi connectivity index (χ4n) is 3.33. The lowest BCUT2D eigenvalue weighted by Crippen LogP contribution is -2.43. The van der Waals surface area contributed by atoms with Gasteiger partial charge in [-0.15, -0.1) is 0 Å². The van der Waals surface area contributed by atoms with Crippen LogP contribution < -0.4 is 5.32 Å². The molecule has 1 saturated heterocycles. The molecule has 3 heteroatoms. The molecule has 1 saturated carbocycles. The Morgan fingerprint density at radius 3 is 2.53 bits per heavy atom. The van der Waals surface area contributed by atoms with E-state index >= 15 is 0 Å². The van der Waals surface area contributed by atoms with Crippen LogP contribution in [-0.4, -0.2) is 29.6 Å². The molecule has 2 unspecified atom stereocenters. The normalized spacial score (nSPS) is 33.1. The minimum atomic E-state index is 0.0530. The van der Waals surface area contributed by atoms with Gasteiger partial charge < -0.3 is 4.90 Å². The third kappa shape index (κ3) is 2.65. The standard InChI is InChI=1S/C14H26N2O/c1-4-12-13(17)16(11(2)15-12)10-14(3)8-6-5-7-9-14/h11-12,15H,4-10H2,1-3H3. The summed E-state index contributed by atoms with van der Waals surface area (Å²) < 4.78 is 0. The first kappa shape index (κ1) is 12.9. The first-order chi connectivity index (χ1) is 8.06. The largest absolute Gasteiger partial charge is 0.326 e. The van der Waals surface area contributed by atoms with Gasteiger partial charge in [0.25, 0.3) is 0 Å². The Morgan fingerprint density at radius 1 is 1.35 bits per heavy atom. The van der Waals surface area contributed by atoms with Gasteiger partial charge in [-0.1, -0.05) is 33.1 Å². The van der Waals surface area contributed by atoms with Gasteiger partial charge in [-0.25, -0.2) is 0 Å². The molecular weight excluding hydrogens is 212 g/mol. The van der Waals surface area contributed by atoms with Crippen LogP contribution in [0.25, 0.3) is 0 Å². The molecule has 1 heterocycles. The van der Waals surface area contributed by atoms with Crippen LogP contribution in [0.2, 0.25) is 0 Å². The third-order valence-electron chi connectivity index (χ3n) is 4.51. The third-order valence-corrected chi connectivity index (χ3v) is 4.51. The van der Waals surface area contributed by atoms with Crippen molar-refractivity contribution in [3.05, 3.63) is 0 Å². The van der Waals surface area contributed by atoms with Crippen molar-refractivity contribution in [1.29, 1.82) is 0 Å². The second kappa shape index (κ2) is 4.97. The first-order valence-electron chi connectivity index (χ1n) is 7.12. The molecule has 98 valence electrons. The van der Waals surface area contributed by atoms with Crippen molar-refractivity contribution in [2.45, 2.75) is 71.5 Å². The second-order valence-electron chi connectivity index (χ2n) is 6.14. The highest BCUT2D eigenvalue weighted by Crippen LogP contribution is 2.37. The molecular formula is C14H26N2O. The summed E-state index contributed by atoms with van der Waals surface area (Å²) in [5, 5.41) is 3.39. The Labute approximate surface area is 105 Å². The topological polar surface area (TPSA) is 32.3 Å². The maximum Gasteiger partial charge on any atom is 0.241 e. The monoisotopic (exact) mass is 238 g/mol. The van der Waals surface area contributed by atoms with Crippen LogP contribution in [0.1, 0.15) is 59.3 Å². The molecule has 1 aliphatic heterocycles. The van der Waals surface area contributed by atoms with E-state index in [9.17, 15) is 4.79 Å². The number of rotatable bonds is 3. The van der Waals surface area contributed by atoms with E-state index < -0.39 is 0 Å². The molecule has 2 aliphatic rings. The molecule has 0 aromatic rings. The van der Waals surface area contributed by atoms with Crippen LogP contribution in [0.3, 0.4) is 0 Å². The van der Waals surface area contributed by atoms with Gasteiger partial charge in [-0.3, -0.25) is 10.1 Å². The number of hydrogen-bond donors (Lipinski definition) is 1. The van der Waals surface area contributed by atoms with E-state index in [1.54, 1.807) is 0 Å². The van der Waals surface area contributed by atoms with Crippen molar-refractivity contribution < 1.29 is 4.79 Å². The highest BCUT2D eigenvalue weighted by molar-refractivity contribution is 5.84. The van der Waals surface area contributed by atoms with E-state index in [0.717, 1.165) is 13.0 Å². The summed E-state index contributed by atoms with van der Waals surface area (Å²) in [6.45, 7) is 7.48. The Kier molecular flexibility index (Phi) is 3.76. The quantitative estimate of drug-likeness (QED) is 0.819. The smallest absolute Gasteiger partial charge is 0.241 e. The summed E-state index contributed by atoms with van der Waals surface area (Å²) in [5.41, 5.74) is 0.354. The maximum atomic E-state index is 12.2. The van der Waals surface area contributed by atoms with Crippen molar-refractivity contribution in [2.24, 2.45) is 5.41 Å². The molecule has 1 amide bonds. The number of amides is 1. The SMILES string of the molecule is CCC1NC(C)N(CC2(C)CCCCC2)C1=O. The van der Waals surface area contributed by atoms with E-state index in [-0.39, 0.29) is 12.2 Å². The fourth-order valence-corrected chi connectivity index (χ4v) is 3.33. The van der Waals surface area contributed by atoms with Crippen molar-refractivity contribution in [1.82, 2.24) is 10.2 Å². The molecule has 2 fully saturated rings. The summed E-state index contributed by atoms with van der Waals surface area (Å²) in [4.78, 5) is 14.3. The molecule has 3 nitrogen and oxygen atoms in total. The molecule has 2 atom stereocenters. The average molecular weight is 238 g/mol. The van der Waals surface area contributed by atoms with E-state index in [2.05, 4.69) is 31.0 Å². The summed E-state index contributed by atoms with van der Waals surface area (Å²) in [6, 6.07) is 0.0530. The predicted molar refractivity (Wildman–Crippen MR) is 69.6 cm³/mol. The zero-order chi connectivity index (χ0) is 12.5. The summed E-state index contributed by atoms with van der Waals surface area (Å²) in [6.07, 6.45) is 7.70. The van der Waals surface area contributed by atoms with E-state index in [0.29, 0.717) is 11.3 Å². The molecule has 1 N–H and O–H groups in total. The summed E-state index contributed by atoms with van der Waals surface area (Å²) in [5.74, 6) is 0.312. The predicted octanol–water partition coefficient (Wildman–Crippen LogP) is 2.51. The lowest BCUT2D eigenvalue weighted by Gasteiger charge is -2.38. The Balaban J connectivity index is 2.00. The average Bonchev–Trinajstić information content (AvgIpc) is 2.57. The van der Waals surface area contributed by atoms with Crippen LogP contribution >= 0.6 is 0 Å². The molecule has 17 heavy (non-hydrogen) atoms. The number of hydrogen-bond acceptors (Lipinski definition) is 2. The van der Waals surface area contributed by atoms with Crippen molar-refractivity contribution in [2.75, 3.05) is 6.54 Å². The van der Waals surface area contributed by atoms with Gasteiger partial charge in [-0.2, -0.15) is 0 Å². The van der Waals surface area contributed by atoms with Gasteiger partial charge >= 0.3 is 0 Å². The molecule has 2 rings (SSSR count). The maximum absolute atomic E-state index is 12.2. The minimum Gasteiger partial charge on any atom is -0.326 e. The van der Waals surface area contributed by atoms with Gasteiger partial charge in [0.2, 0.25) is 5.91 Å². The molecule has 0 radical (unpaired) electrons. The van der Waals surface area contributed by atoms with Gasteiger partial charge in [-0.05, 0) is 31.6 Å². The molecule has 0 aromatic heterocycles. The Bertz CT molecular complexity index is 284. The number of carbonyl (C=O) groups is 1. The zero-order valence-corrected chi connectivity index (χ0v) is 11.5. The number of nitrogens with one attached hydrogen (secondary N) is 1. The summed E-state index contributed by atoms with van der Waals surface area (Å²) in [7, 11) is 0. The van der Waals surface area contributed by atoms with E-state index in [1.165, 1.54) is 32.1 Å². The van der Waals surface area contributed by atoms with Gasteiger partial charge in [0, 0.05) is 6.54 Å². The highest BCUT2D eigenvalue weighted by Gasteiger charge is 2.39. The van der Waals surface area contributed by atoms with Crippen LogP contribution in [-0.2, 0) is 4.79 Å². The lowest BCUT2D eigenvalue weighted by molar-refractivity contribution is -0.131. The van der Waals surface area contributed by atoms with E-state index in [1.807, 2.05) is 0 Å². The number of nitrogens with zero attached hydrogens (tertiary/aromatic N) is 1.